The Kier molecular flexibility index (Phi) is 6.82. The van der Waals surface area contributed by atoms with E-state index in [1.54, 1.807) is 0 Å². The average Bonchev–Trinajstić information content (AvgIpc) is 3.02. The van der Waals surface area contributed by atoms with E-state index in [0.717, 1.165) is 51.4 Å². The van der Waals surface area contributed by atoms with Gasteiger partial charge in [-0.25, -0.2) is 0 Å². The first kappa shape index (κ1) is 25.5. The molecule has 0 aromatic carbocycles. The van der Waals surface area contributed by atoms with Crippen LogP contribution in [0.4, 0.5) is 0 Å². The van der Waals surface area contributed by atoms with Gasteiger partial charge in [0.2, 0.25) is 0 Å². The van der Waals surface area contributed by atoms with E-state index in [-0.39, 0.29) is 24.1 Å². The Balaban J connectivity index is 1.55. The second-order valence-electron chi connectivity index (χ2n) is 12.0. The maximum absolute atomic E-state index is 12.1. The van der Waals surface area contributed by atoms with Gasteiger partial charge in [-0.3, -0.25) is 14.4 Å². The van der Waals surface area contributed by atoms with Crippen molar-refractivity contribution >= 4 is 17.9 Å². The Labute approximate surface area is 203 Å². The van der Waals surface area contributed by atoms with Gasteiger partial charge in [-0.2, -0.15) is 0 Å². The molecule has 1 N–H and O–H groups in total. The highest BCUT2D eigenvalue weighted by atomic mass is 16.6. The second-order valence-corrected chi connectivity index (χ2v) is 12.0. The summed E-state index contributed by atoms with van der Waals surface area (Å²) in [6, 6.07) is 0. The quantitative estimate of drug-likeness (QED) is 0.467. The van der Waals surface area contributed by atoms with Crippen LogP contribution in [-0.2, 0) is 28.6 Å². The number of hydrogen-bond acceptors (Lipinski definition) is 7. The fourth-order valence-electron chi connectivity index (χ4n) is 8.80. The summed E-state index contributed by atoms with van der Waals surface area (Å²) in [5, 5.41) is 12.1. The third kappa shape index (κ3) is 4.16. The van der Waals surface area contributed by atoms with E-state index in [1.807, 2.05) is 0 Å². The molecule has 7 nitrogen and oxygen atoms in total. The molecule has 0 aliphatic heterocycles. The Morgan fingerprint density at radius 3 is 2.24 bits per heavy atom. The average molecular weight is 479 g/mol. The molecule has 4 saturated carbocycles. The van der Waals surface area contributed by atoms with E-state index < -0.39 is 29.1 Å². The summed E-state index contributed by atoms with van der Waals surface area (Å²) in [5.74, 6) is 0.919. The van der Waals surface area contributed by atoms with E-state index >= 15 is 0 Å². The Bertz CT molecular complexity index is 826. The van der Waals surface area contributed by atoms with Crippen LogP contribution in [-0.4, -0.2) is 47.4 Å². The van der Waals surface area contributed by atoms with Crippen molar-refractivity contribution in [1.29, 1.82) is 0 Å². The topological polar surface area (TPSA) is 99.1 Å². The number of rotatable bonds is 5. The summed E-state index contributed by atoms with van der Waals surface area (Å²) >= 11 is 0. The highest BCUT2D eigenvalue weighted by Gasteiger charge is 2.67. The van der Waals surface area contributed by atoms with Crippen molar-refractivity contribution in [2.45, 2.75) is 110 Å². The molecule has 0 heterocycles. The van der Waals surface area contributed by atoms with Gasteiger partial charge >= 0.3 is 17.9 Å². The molecule has 0 aromatic rings. The normalized spacial score (nSPS) is 44.1. The SMILES string of the molecule is CC(=O)OC[C@@H](OC(C)=O)C1(O)CCC2C3CC[C@H]4CC(OC(C)=O)CCC4(C)C3CCC21C. The molecular weight excluding hydrogens is 436 g/mol. The van der Waals surface area contributed by atoms with Crippen molar-refractivity contribution in [2.75, 3.05) is 6.61 Å². The van der Waals surface area contributed by atoms with Crippen LogP contribution in [0.5, 0.6) is 0 Å². The standard InChI is InChI=1S/C27H42O7/c1-16(28)32-15-24(34-18(3)30)27(31)13-10-23-21-7-6-19-14-20(33-17(2)29)8-11-25(19,4)22(21)9-12-26(23,27)5/h19-24,31H,6-15H2,1-5H3/t19-,20?,21?,22?,23?,24+,25?,26?,27?/m0/s1. The molecule has 0 radical (unpaired) electrons. The Morgan fingerprint density at radius 2 is 1.59 bits per heavy atom. The van der Waals surface area contributed by atoms with Gasteiger partial charge in [-0.15, -0.1) is 0 Å². The van der Waals surface area contributed by atoms with Gasteiger partial charge in [0.1, 0.15) is 18.3 Å². The molecule has 0 bridgehead atoms. The summed E-state index contributed by atoms with van der Waals surface area (Å²) in [5.41, 5.74) is -1.38. The largest absolute Gasteiger partial charge is 0.463 e. The van der Waals surface area contributed by atoms with Crippen molar-refractivity contribution < 1.29 is 33.7 Å². The van der Waals surface area contributed by atoms with Crippen LogP contribution in [0.25, 0.3) is 0 Å². The van der Waals surface area contributed by atoms with Gasteiger partial charge < -0.3 is 19.3 Å². The van der Waals surface area contributed by atoms with Gasteiger partial charge in [-0.05, 0) is 86.9 Å². The van der Waals surface area contributed by atoms with Crippen LogP contribution in [0.2, 0.25) is 0 Å². The van der Waals surface area contributed by atoms with Gasteiger partial charge in [0.25, 0.3) is 0 Å². The zero-order valence-corrected chi connectivity index (χ0v) is 21.4. The van der Waals surface area contributed by atoms with Crippen molar-refractivity contribution in [3.8, 4) is 0 Å². The number of esters is 3. The monoisotopic (exact) mass is 478 g/mol. The first-order valence-corrected chi connectivity index (χ1v) is 13.1. The van der Waals surface area contributed by atoms with Gasteiger partial charge in [0.05, 0.1) is 0 Å². The van der Waals surface area contributed by atoms with E-state index in [2.05, 4.69) is 13.8 Å². The zero-order chi connectivity index (χ0) is 24.9. The van der Waals surface area contributed by atoms with Gasteiger partial charge in [0.15, 0.2) is 6.10 Å². The number of aliphatic hydroxyl groups is 1. The minimum absolute atomic E-state index is 0.0447. The minimum atomic E-state index is -1.21. The maximum atomic E-state index is 12.1. The molecule has 7 unspecified atom stereocenters. The first-order valence-electron chi connectivity index (χ1n) is 13.1. The van der Waals surface area contributed by atoms with Crippen molar-refractivity contribution in [3.63, 3.8) is 0 Å². The summed E-state index contributed by atoms with van der Waals surface area (Å²) in [4.78, 5) is 34.9. The summed E-state index contributed by atoms with van der Waals surface area (Å²) in [6.45, 7) is 8.66. The van der Waals surface area contributed by atoms with E-state index in [9.17, 15) is 19.5 Å². The molecule has 192 valence electrons. The van der Waals surface area contributed by atoms with Crippen LogP contribution in [0.15, 0.2) is 0 Å². The molecule has 4 aliphatic carbocycles. The molecule has 4 aliphatic rings. The lowest BCUT2D eigenvalue weighted by Gasteiger charge is -2.62. The van der Waals surface area contributed by atoms with Crippen LogP contribution in [0.3, 0.4) is 0 Å². The number of ether oxygens (including phenoxy) is 3. The minimum Gasteiger partial charge on any atom is -0.463 e. The lowest BCUT2D eigenvalue weighted by Crippen LogP contribution is -2.61. The van der Waals surface area contributed by atoms with E-state index in [0.29, 0.717) is 30.1 Å². The molecule has 7 heteroatoms. The predicted molar refractivity (Wildman–Crippen MR) is 124 cm³/mol. The molecule has 4 fully saturated rings. The predicted octanol–water partition coefficient (Wildman–Crippen LogP) is 4.19. The molecule has 0 amide bonds. The van der Waals surface area contributed by atoms with Gasteiger partial charge in [0, 0.05) is 26.2 Å². The van der Waals surface area contributed by atoms with Crippen LogP contribution in [0, 0.1) is 34.5 Å². The van der Waals surface area contributed by atoms with E-state index in [4.69, 9.17) is 14.2 Å². The van der Waals surface area contributed by atoms with E-state index in [1.165, 1.54) is 20.8 Å². The summed E-state index contributed by atoms with van der Waals surface area (Å²) < 4.78 is 16.4. The number of carbonyl (C=O) groups excluding carboxylic acids is 3. The Hall–Kier alpha value is -1.63. The summed E-state index contributed by atoms with van der Waals surface area (Å²) in [6.07, 6.45) is 7.74. The first-order chi connectivity index (χ1) is 15.9. The molecule has 9 atom stereocenters. The van der Waals surface area contributed by atoms with Crippen molar-refractivity contribution in [2.24, 2.45) is 34.5 Å². The third-order valence-corrected chi connectivity index (χ3v) is 10.4. The van der Waals surface area contributed by atoms with Crippen LogP contribution < -0.4 is 0 Å². The number of hydrogen-bond donors (Lipinski definition) is 1. The number of carbonyl (C=O) groups is 3. The molecule has 34 heavy (non-hydrogen) atoms. The van der Waals surface area contributed by atoms with Crippen molar-refractivity contribution in [3.05, 3.63) is 0 Å². The highest BCUT2D eigenvalue weighted by molar-refractivity contribution is 5.67. The Morgan fingerprint density at radius 1 is 0.882 bits per heavy atom. The molecular formula is C27H42O7. The summed E-state index contributed by atoms with van der Waals surface area (Å²) in [7, 11) is 0. The molecule has 0 saturated heterocycles. The smallest absolute Gasteiger partial charge is 0.303 e. The van der Waals surface area contributed by atoms with Crippen LogP contribution in [0.1, 0.15) is 92.4 Å². The zero-order valence-electron chi connectivity index (χ0n) is 21.4. The third-order valence-electron chi connectivity index (χ3n) is 10.4. The van der Waals surface area contributed by atoms with Crippen LogP contribution >= 0.6 is 0 Å². The fraction of sp³-hybridized carbons (Fsp3) is 0.889. The number of fused-ring (bicyclic) bond motifs is 5. The highest BCUT2D eigenvalue weighted by Crippen LogP contribution is 2.69. The lowest BCUT2D eigenvalue weighted by molar-refractivity contribution is -0.213. The molecule has 4 rings (SSSR count). The second kappa shape index (κ2) is 9.11. The fourth-order valence-corrected chi connectivity index (χ4v) is 8.80. The van der Waals surface area contributed by atoms with Crippen molar-refractivity contribution in [1.82, 2.24) is 0 Å². The lowest BCUT2D eigenvalue weighted by atomic mass is 9.44. The van der Waals surface area contributed by atoms with Gasteiger partial charge in [-0.1, -0.05) is 13.8 Å². The maximum Gasteiger partial charge on any atom is 0.303 e. The molecule has 0 aromatic heterocycles. The molecule has 0 spiro atoms.